The Balaban J connectivity index is 0.00000108. The zero-order chi connectivity index (χ0) is 25.6. The monoisotopic (exact) mass is 481 g/mol. The second kappa shape index (κ2) is 10.7. The smallest absolute Gasteiger partial charge is 0.405 e. The summed E-state index contributed by atoms with van der Waals surface area (Å²) < 4.78 is 42.4. The third-order valence-corrected chi connectivity index (χ3v) is 5.08. The molecule has 182 valence electrons. The third-order valence-electron chi connectivity index (χ3n) is 5.08. The number of nitrogens with two attached hydrogens (primary N) is 1. The average Bonchev–Trinajstić information content (AvgIpc) is 3.47. The topological polar surface area (TPSA) is 86.6 Å². The maximum absolute atomic E-state index is 13.0. The van der Waals surface area contributed by atoms with Gasteiger partial charge >= 0.3 is 6.18 Å². The van der Waals surface area contributed by atoms with Gasteiger partial charge in [-0.15, -0.1) is 0 Å². The van der Waals surface area contributed by atoms with Gasteiger partial charge in [0, 0.05) is 30.2 Å². The zero-order valence-electron chi connectivity index (χ0n) is 19.3. The van der Waals surface area contributed by atoms with Gasteiger partial charge < -0.3 is 11.1 Å². The van der Waals surface area contributed by atoms with E-state index in [0.29, 0.717) is 29.3 Å². The maximum atomic E-state index is 13.0. The Labute approximate surface area is 201 Å². The molecule has 0 saturated carbocycles. The number of rotatable bonds is 7. The molecule has 0 radical (unpaired) electrons. The first-order chi connectivity index (χ1) is 16.7. The van der Waals surface area contributed by atoms with E-state index in [9.17, 15) is 13.2 Å². The molecule has 0 aliphatic carbocycles. The van der Waals surface area contributed by atoms with Crippen molar-refractivity contribution in [2.75, 3.05) is 0 Å². The van der Waals surface area contributed by atoms with Crippen LogP contribution in [0.1, 0.15) is 18.2 Å². The minimum atomic E-state index is -4.41. The van der Waals surface area contributed by atoms with Gasteiger partial charge in [0.1, 0.15) is 0 Å². The average molecular weight is 482 g/mol. The van der Waals surface area contributed by atoms with Crippen molar-refractivity contribution in [2.45, 2.75) is 26.2 Å². The van der Waals surface area contributed by atoms with E-state index in [1.807, 2.05) is 23.9 Å². The van der Waals surface area contributed by atoms with E-state index in [1.165, 1.54) is 18.3 Å². The molecule has 10 heteroatoms. The molecule has 35 heavy (non-hydrogen) atoms. The summed E-state index contributed by atoms with van der Waals surface area (Å²) in [5.41, 5.74) is 7.99. The van der Waals surface area contributed by atoms with Crippen molar-refractivity contribution in [3.05, 3.63) is 97.9 Å². The number of pyridine rings is 1. The molecule has 0 aliphatic heterocycles. The molecular formula is C25H26F3N7. The van der Waals surface area contributed by atoms with E-state index in [1.54, 1.807) is 23.2 Å². The Morgan fingerprint density at radius 1 is 1.17 bits per heavy atom. The zero-order valence-corrected chi connectivity index (χ0v) is 19.3. The fourth-order valence-corrected chi connectivity index (χ4v) is 3.39. The standard InChI is InChI=1S/C23H21F3N6.C2H5N/c1-4-15(3)28-13-20-21-19(16-12-29-31(5-2)14-16)10-11-27-22(21)32(30-20)18-8-6-17(7-9-18)23(24,25)26;1-2-3/h4,6-12,14,28H,1,3,5,13H2,2H3;2H,1,3H2. The number of benzene rings is 1. The van der Waals surface area contributed by atoms with Crippen LogP contribution in [0.15, 0.2) is 86.6 Å². The second-order valence-electron chi connectivity index (χ2n) is 7.36. The summed E-state index contributed by atoms with van der Waals surface area (Å²) in [6, 6.07) is 6.73. The van der Waals surface area contributed by atoms with Crippen molar-refractivity contribution in [3.8, 4) is 16.8 Å². The van der Waals surface area contributed by atoms with Gasteiger partial charge in [0.15, 0.2) is 5.65 Å². The molecule has 0 bridgehead atoms. The van der Waals surface area contributed by atoms with Gasteiger partial charge in [-0.3, -0.25) is 4.68 Å². The summed E-state index contributed by atoms with van der Waals surface area (Å²) in [4.78, 5) is 4.49. The molecule has 4 rings (SSSR count). The number of nitrogens with one attached hydrogen (secondary N) is 1. The summed E-state index contributed by atoms with van der Waals surface area (Å²) in [6.45, 7) is 13.8. The molecule has 1 aromatic carbocycles. The molecule has 0 unspecified atom stereocenters. The van der Waals surface area contributed by atoms with Gasteiger partial charge in [-0.2, -0.15) is 23.4 Å². The SMILES string of the molecule is C=CC(=C)NCc1nn(-c2ccc(C(F)(F)F)cc2)c2nccc(-c3cnn(CC)c3)c12.C=CN. The molecule has 3 aromatic heterocycles. The molecule has 7 nitrogen and oxygen atoms in total. The Kier molecular flexibility index (Phi) is 7.75. The van der Waals surface area contributed by atoms with Gasteiger partial charge in [0.25, 0.3) is 0 Å². The van der Waals surface area contributed by atoms with Crippen LogP contribution in [-0.2, 0) is 19.3 Å². The largest absolute Gasteiger partial charge is 0.416 e. The van der Waals surface area contributed by atoms with Crippen LogP contribution in [-0.4, -0.2) is 24.5 Å². The maximum Gasteiger partial charge on any atom is 0.416 e. The molecule has 0 saturated heterocycles. The van der Waals surface area contributed by atoms with Crippen LogP contribution in [0.5, 0.6) is 0 Å². The highest BCUT2D eigenvalue weighted by molar-refractivity contribution is 5.95. The van der Waals surface area contributed by atoms with Gasteiger partial charge in [-0.05, 0) is 55.1 Å². The van der Waals surface area contributed by atoms with Crippen LogP contribution >= 0.6 is 0 Å². The lowest BCUT2D eigenvalue weighted by Gasteiger charge is -2.08. The first kappa shape index (κ1) is 25.3. The number of hydrogen-bond acceptors (Lipinski definition) is 5. The van der Waals surface area contributed by atoms with E-state index in [-0.39, 0.29) is 0 Å². The first-order valence-electron chi connectivity index (χ1n) is 10.7. The number of hydrogen-bond donors (Lipinski definition) is 2. The number of nitrogens with zero attached hydrogens (tertiary/aromatic N) is 5. The molecule has 3 N–H and O–H groups in total. The Bertz CT molecular complexity index is 1330. The minimum absolute atomic E-state index is 0.343. The summed E-state index contributed by atoms with van der Waals surface area (Å²) >= 11 is 0. The molecule has 0 amide bonds. The van der Waals surface area contributed by atoms with Crippen molar-refractivity contribution in [1.82, 2.24) is 29.9 Å². The fraction of sp³-hybridized carbons (Fsp3) is 0.160. The number of aromatic nitrogens is 5. The van der Waals surface area contributed by atoms with E-state index < -0.39 is 11.7 Å². The predicted molar refractivity (Wildman–Crippen MR) is 131 cm³/mol. The van der Waals surface area contributed by atoms with Crippen molar-refractivity contribution in [1.29, 1.82) is 0 Å². The molecule has 0 fully saturated rings. The summed E-state index contributed by atoms with van der Waals surface area (Å²) in [6.07, 6.45) is 3.80. The molecule has 0 aliphatic rings. The highest BCUT2D eigenvalue weighted by Gasteiger charge is 2.30. The highest BCUT2D eigenvalue weighted by Crippen LogP contribution is 2.33. The predicted octanol–water partition coefficient (Wildman–Crippen LogP) is 5.20. The first-order valence-corrected chi connectivity index (χ1v) is 10.7. The Morgan fingerprint density at radius 2 is 1.86 bits per heavy atom. The van der Waals surface area contributed by atoms with Crippen LogP contribution in [0.3, 0.4) is 0 Å². The summed E-state index contributed by atoms with van der Waals surface area (Å²) in [7, 11) is 0. The second-order valence-corrected chi connectivity index (χ2v) is 7.36. The van der Waals surface area contributed by atoms with Crippen LogP contribution < -0.4 is 11.1 Å². The number of fused-ring (bicyclic) bond motifs is 1. The van der Waals surface area contributed by atoms with E-state index in [0.717, 1.165) is 35.2 Å². The number of alkyl halides is 3. The van der Waals surface area contributed by atoms with Crippen LogP contribution in [0, 0.1) is 0 Å². The molecule has 4 aromatic rings. The summed E-state index contributed by atoms with van der Waals surface area (Å²) in [5, 5.41) is 13.0. The number of allylic oxidation sites excluding steroid dienone is 1. The lowest BCUT2D eigenvalue weighted by molar-refractivity contribution is -0.137. The Morgan fingerprint density at radius 3 is 2.43 bits per heavy atom. The lowest BCUT2D eigenvalue weighted by atomic mass is 10.1. The van der Waals surface area contributed by atoms with Crippen LogP contribution in [0.4, 0.5) is 13.2 Å². The molecule has 0 spiro atoms. The fourth-order valence-electron chi connectivity index (χ4n) is 3.39. The molecular weight excluding hydrogens is 455 g/mol. The molecule has 3 heterocycles. The normalized spacial score (nSPS) is 11.0. The van der Waals surface area contributed by atoms with Gasteiger partial charge in [-0.25, -0.2) is 9.67 Å². The van der Waals surface area contributed by atoms with Crippen molar-refractivity contribution < 1.29 is 13.2 Å². The Hall–Kier alpha value is -4.34. The number of halogens is 3. The third kappa shape index (κ3) is 5.60. The van der Waals surface area contributed by atoms with Crippen molar-refractivity contribution in [3.63, 3.8) is 0 Å². The van der Waals surface area contributed by atoms with E-state index in [4.69, 9.17) is 0 Å². The van der Waals surface area contributed by atoms with E-state index in [2.05, 4.69) is 46.0 Å². The highest BCUT2D eigenvalue weighted by atomic mass is 19.4. The van der Waals surface area contributed by atoms with Gasteiger partial charge in [-0.1, -0.05) is 19.7 Å². The summed E-state index contributed by atoms with van der Waals surface area (Å²) in [5.74, 6) is 0. The molecule has 0 atom stereocenters. The van der Waals surface area contributed by atoms with Crippen molar-refractivity contribution >= 4 is 11.0 Å². The minimum Gasteiger partial charge on any atom is -0.405 e. The van der Waals surface area contributed by atoms with Crippen molar-refractivity contribution in [2.24, 2.45) is 5.73 Å². The number of aryl methyl sites for hydroxylation is 1. The van der Waals surface area contributed by atoms with E-state index >= 15 is 0 Å². The van der Waals surface area contributed by atoms with Gasteiger partial charge in [0.2, 0.25) is 0 Å². The van der Waals surface area contributed by atoms with Gasteiger partial charge in [0.05, 0.1) is 35.1 Å². The lowest BCUT2D eigenvalue weighted by Crippen LogP contribution is -2.11. The quantitative estimate of drug-likeness (QED) is 0.354. The van der Waals surface area contributed by atoms with Crippen LogP contribution in [0.2, 0.25) is 0 Å². The van der Waals surface area contributed by atoms with Crippen LogP contribution in [0.25, 0.3) is 27.8 Å².